The third kappa shape index (κ3) is 3.35. The van der Waals surface area contributed by atoms with Crippen LogP contribution in [-0.4, -0.2) is 48.6 Å². The van der Waals surface area contributed by atoms with E-state index in [0.29, 0.717) is 12.1 Å². The summed E-state index contributed by atoms with van der Waals surface area (Å²) in [6.07, 6.45) is 0. The predicted octanol–water partition coefficient (Wildman–Crippen LogP) is 2.02. The molecule has 2 rings (SSSR count). The first-order valence-corrected chi connectivity index (χ1v) is 7.25. The molecule has 1 aliphatic heterocycles. The van der Waals surface area contributed by atoms with E-state index < -0.39 is 0 Å². The van der Waals surface area contributed by atoms with Crippen molar-refractivity contribution < 1.29 is 0 Å². The van der Waals surface area contributed by atoms with Gasteiger partial charge in [0, 0.05) is 37.8 Å². The molecule has 1 aliphatic rings. The first-order chi connectivity index (χ1) is 8.99. The molecule has 3 nitrogen and oxygen atoms in total. The smallest absolute Gasteiger partial charge is 0.0497 e. The molecule has 3 heteroatoms. The third-order valence-corrected chi connectivity index (χ3v) is 4.30. The Balaban J connectivity index is 2.18. The van der Waals surface area contributed by atoms with Crippen molar-refractivity contribution in [3.8, 4) is 0 Å². The van der Waals surface area contributed by atoms with Crippen molar-refractivity contribution in [1.82, 2.24) is 9.80 Å². The molecule has 0 amide bonds. The van der Waals surface area contributed by atoms with Gasteiger partial charge >= 0.3 is 0 Å². The minimum Gasteiger partial charge on any atom is -0.326 e. The summed E-state index contributed by atoms with van der Waals surface area (Å²) in [5.41, 5.74) is 8.91. The fraction of sp³-hybridized carbons (Fsp3) is 0.625. The molecular weight excluding hydrogens is 234 g/mol. The highest BCUT2D eigenvalue weighted by molar-refractivity contribution is 5.25. The van der Waals surface area contributed by atoms with Crippen LogP contribution < -0.4 is 5.73 Å². The zero-order chi connectivity index (χ0) is 14.0. The third-order valence-electron chi connectivity index (χ3n) is 4.30. The van der Waals surface area contributed by atoms with E-state index in [0.717, 1.165) is 19.6 Å². The van der Waals surface area contributed by atoms with Crippen molar-refractivity contribution in [2.45, 2.75) is 38.9 Å². The highest BCUT2D eigenvalue weighted by atomic mass is 15.3. The van der Waals surface area contributed by atoms with E-state index in [2.05, 4.69) is 61.9 Å². The van der Waals surface area contributed by atoms with Crippen LogP contribution in [0.3, 0.4) is 0 Å². The van der Waals surface area contributed by atoms with Crippen molar-refractivity contribution in [1.29, 1.82) is 0 Å². The average Bonchev–Trinajstić information content (AvgIpc) is 2.36. The Morgan fingerprint density at radius 3 is 2.37 bits per heavy atom. The molecule has 0 spiro atoms. The number of rotatable bonds is 3. The highest BCUT2D eigenvalue weighted by Gasteiger charge is 2.29. The molecule has 0 saturated carbocycles. The quantitative estimate of drug-likeness (QED) is 0.903. The Morgan fingerprint density at radius 2 is 1.84 bits per heavy atom. The molecule has 0 bridgehead atoms. The van der Waals surface area contributed by atoms with Crippen molar-refractivity contribution in [2.75, 3.05) is 26.7 Å². The zero-order valence-electron chi connectivity index (χ0n) is 12.6. The van der Waals surface area contributed by atoms with E-state index in [4.69, 9.17) is 5.73 Å². The number of aryl methyl sites for hydroxylation is 1. The maximum absolute atomic E-state index is 6.26. The van der Waals surface area contributed by atoms with E-state index >= 15 is 0 Å². The number of likely N-dealkylation sites (N-methyl/N-ethyl adjacent to an activating group) is 1. The van der Waals surface area contributed by atoms with Crippen molar-refractivity contribution >= 4 is 0 Å². The number of hydrogen-bond donors (Lipinski definition) is 1. The molecule has 1 aromatic rings. The fourth-order valence-electron chi connectivity index (χ4n) is 2.94. The summed E-state index contributed by atoms with van der Waals surface area (Å²) in [4.78, 5) is 4.96. The van der Waals surface area contributed by atoms with E-state index in [9.17, 15) is 0 Å². The molecule has 1 saturated heterocycles. The van der Waals surface area contributed by atoms with E-state index in [1.54, 1.807) is 0 Å². The number of piperazine rings is 1. The largest absolute Gasteiger partial charge is 0.326 e. The van der Waals surface area contributed by atoms with Crippen LogP contribution in [0.25, 0.3) is 0 Å². The monoisotopic (exact) mass is 261 g/mol. The second-order valence-electron chi connectivity index (χ2n) is 6.04. The fourth-order valence-corrected chi connectivity index (χ4v) is 2.94. The minimum atomic E-state index is 0.151. The Kier molecular flexibility index (Phi) is 4.61. The molecule has 0 radical (unpaired) electrons. The van der Waals surface area contributed by atoms with Crippen LogP contribution in [0.15, 0.2) is 24.3 Å². The van der Waals surface area contributed by atoms with Crippen LogP contribution in [0.5, 0.6) is 0 Å². The predicted molar refractivity (Wildman–Crippen MR) is 81.2 cm³/mol. The molecule has 0 aromatic heterocycles. The normalized spacial score (nSPS) is 25.2. The van der Waals surface area contributed by atoms with Crippen molar-refractivity contribution in [2.24, 2.45) is 5.73 Å². The van der Waals surface area contributed by atoms with Gasteiger partial charge < -0.3 is 10.6 Å². The number of benzene rings is 1. The van der Waals surface area contributed by atoms with Gasteiger partial charge in [0.1, 0.15) is 0 Å². The number of hydrogen-bond acceptors (Lipinski definition) is 3. The molecule has 1 aromatic carbocycles. The van der Waals surface area contributed by atoms with Crippen LogP contribution >= 0.6 is 0 Å². The van der Waals surface area contributed by atoms with Crippen LogP contribution in [-0.2, 0) is 0 Å². The van der Waals surface area contributed by atoms with Crippen molar-refractivity contribution in [3.63, 3.8) is 0 Å². The maximum Gasteiger partial charge on any atom is 0.0497 e. The van der Waals surface area contributed by atoms with Gasteiger partial charge in [-0.1, -0.05) is 29.8 Å². The standard InChI is InChI=1S/C16H27N3/c1-12-5-7-15(8-6-12)16(14(3)17)19-10-9-18(4)13(2)11-19/h5-8,13-14,16H,9-11,17H2,1-4H3. The Labute approximate surface area is 117 Å². The van der Waals surface area contributed by atoms with Gasteiger partial charge in [0.05, 0.1) is 0 Å². The molecule has 3 atom stereocenters. The maximum atomic E-state index is 6.26. The first-order valence-electron chi connectivity index (χ1n) is 7.25. The van der Waals surface area contributed by atoms with Gasteiger partial charge in [0.2, 0.25) is 0 Å². The van der Waals surface area contributed by atoms with Crippen molar-refractivity contribution in [3.05, 3.63) is 35.4 Å². The van der Waals surface area contributed by atoms with Crippen LogP contribution in [0.4, 0.5) is 0 Å². The highest BCUT2D eigenvalue weighted by Crippen LogP contribution is 2.26. The Bertz CT molecular complexity index is 399. The van der Waals surface area contributed by atoms with E-state index in [1.165, 1.54) is 11.1 Å². The molecule has 3 unspecified atom stereocenters. The van der Waals surface area contributed by atoms with Gasteiger partial charge in [0.15, 0.2) is 0 Å². The summed E-state index contributed by atoms with van der Waals surface area (Å²) in [6.45, 7) is 9.85. The first kappa shape index (κ1) is 14.5. The van der Waals surface area contributed by atoms with Crippen LogP contribution in [0, 0.1) is 6.92 Å². The lowest BCUT2D eigenvalue weighted by atomic mass is 9.96. The summed E-state index contributed by atoms with van der Waals surface area (Å²) in [5, 5.41) is 0. The average molecular weight is 261 g/mol. The van der Waals surface area contributed by atoms with Gasteiger partial charge in [-0.15, -0.1) is 0 Å². The minimum absolute atomic E-state index is 0.151. The number of nitrogens with two attached hydrogens (primary N) is 1. The Hall–Kier alpha value is -0.900. The van der Waals surface area contributed by atoms with E-state index in [1.807, 2.05) is 0 Å². The lowest BCUT2D eigenvalue weighted by Crippen LogP contribution is -2.53. The lowest BCUT2D eigenvalue weighted by Gasteiger charge is -2.43. The van der Waals surface area contributed by atoms with Gasteiger partial charge in [-0.3, -0.25) is 4.90 Å². The topological polar surface area (TPSA) is 32.5 Å². The number of nitrogens with zero attached hydrogens (tertiary/aromatic N) is 2. The summed E-state index contributed by atoms with van der Waals surface area (Å²) >= 11 is 0. The lowest BCUT2D eigenvalue weighted by molar-refractivity contribution is 0.0639. The summed E-state index contributed by atoms with van der Waals surface area (Å²) in [7, 11) is 2.20. The Morgan fingerprint density at radius 1 is 1.21 bits per heavy atom. The second kappa shape index (κ2) is 6.04. The second-order valence-corrected chi connectivity index (χ2v) is 6.04. The van der Waals surface area contributed by atoms with Crippen LogP contribution in [0.1, 0.15) is 31.0 Å². The van der Waals surface area contributed by atoms with Gasteiger partial charge in [-0.25, -0.2) is 0 Å². The molecule has 0 aliphatic carbocycles. The molecule has 19 heavy (non-hydrogen) atoms. The molecule has 106 valence electrons. The van der Waals surface area contributed by atoms with Gasteiger partial charge in [-0.05, 0) is 33.4 Å². The van der Waals surface area contributed by atoms with Gasteiger partial charge in [0.25, 0.3) is 0 Å². The molecule has 1 fully saturated rings. The molecular formula is C16H27N3. The van der Waals surface area contributed by atoms with Gasteiger partial charge in [-0.2, -0.15) is 0 Å². The van der Waals surface area contributed by atoms with E-state index in [-0.39, 0.29) is 6.04 Å². The zero-order valence-corrected chi connectivity index (χ0v) is 12.6. The summed E-state index contributed by atoms with van der Waals surface area (Å²) < 4.78 is 0. The summed E-state index contributed by atoms with van der Waals surface area (Å²) in [6, 6.07) is 9.91. The summed E-state index contributed by atoms with van der Waals surface area (Å²) in [5.74, 6) is 0. The molecule has 2 N–H and O–H groups in total. The van der Waals surface area contributed by atoms with Crippen LogP contribution in [0.2, 0.25) is 0 Å². The molecule has 1 heterocycles. The SMILES string of the molecule is Cc1ccc(C(C(C)N)N2CCN(C)C(C)C2)cc1.